The molecule has 0 N–H and O–H groups in total. The zero-order chi connectivity index (χ0) is 11.4. The van der Waals surface area contributed by atoms with Crippen molar-refractivity contribution in [2.45, 2.75) is 25.3 Å². The predicted molar refractivity (Wildman–Crippen MR) is 86.7 cm³/mol. The number of rotatable bonds is 2. The van der Waals surface area contributed by atoms with Gasteiger partial charge in [0.1, 0.15) is 0 Å². The van der Waals surface area contributed by atoms with Gasteiger partial charge >= 0.3 is 0 Å². The third-order valence-corrected chi connectivity index (χ3v) is 3.56. The molecule has 0 amide bonds. The van der Waals surface area contributed by atoms with Crippen LogP contribution in [-0.2, 0) is 0 Å². The molecular weight excluding hydrogens is 424 g/mol. The first-order valence-corrected chi connectivity index (χ1v) is 12.0. The van der Waals surface area contributed by atoms with Crippen LogP contribution in [0.15, 0.2) is 35.3 Å². The van der Waals surface area contributed by atoms with E-state index in [2.05, 4.69) is 66.5 Å². The van der Waals surface area contributed by atoms with Gasteiger partial charge in [-0.05, 0) is 30.2 Å². The van der Waals surface area contributed by atoms with Crippen molar-refractivity contribution < 1.29 is 0 Å². The molecule has 2 fully saturated rings. The van der Waals surface area contributed by atoms with E-state index in [1.165, 1.54) is 24.8 Å². The molecule has 1 nitrogen and oxygen atoms in total. The van der Waals surface area contributed by atoms with E-state index in [-0.39, 0.29) is 0 Å². The lowest BCUT2D eigenvalue weighted by Crippen LogP contribution is -1.90. The normalized spacial score (nSPS) is 30.8. The molecule has 3 rings (SSSR count). The fraction of sp³-hybridized carbons (Fsp3) is 0.462. The minimum atomic E-state index is 0.670. The third-order valence-electron chi connectivity index (χ3n) is 3.56. The lowest BCUT2D eigenvalue weighted by atomic mass is 10.2. The molecule has 0 spiro atoms. The Morgan fingerprint density at radius 2 is 1.69 bits per heavy atom. The molecule has 0 saturated heterocycles. The Morgan fingerprint density at radius 1 is 1.06 bits per heavy atom. The Labute approximate surface area is 120 Å². The minimum Gasteiger partial charge on any atom is -0.289 e. The van der Waals surface area contributed by atoms with Crippen LogP contribution in [0.4, 0.5) is 0 Å². The maximum atomic E-state index is 4.67. The molecule has 3 atom stereocenters. The van der Waals surface area contributed by atoms with E-state index in [1.54, 1.807) is 0 Å². The molecule has 1 aromatic rings. The van der Waals surface area contributed by atoms with Crippen molar-refractivity contribution in [3.63, 3.8) is 0 Å². The molecule has 0 aromatic heterocycles. The first kappa shape index (κ1) is 12.8. The van der Waals surface area contributed by atoms with Crippen molar-refractivity contribution in [2.24, 2.45) is 16.8 Å². The maximum absolute atomic E-state index is 4.67. The van der Waals surface area contributed by atoms with E-state index in [0.29, 0.717) is 6.04 Å². The predicted octanol–water partition coefficient (Wildman–Crippen LogP) is 4.68. The van der Waals surface area contributed by atoms with E-state index >= 15 is 0 Å². The molecular formula is C13H15I2N. The van der Waals surface area contributed by atoms with Crippen LogP contribution >= 0.6 is 37.2 Å². The van der Waals surface area contributed by atoms with Gasteiger partial charge in [-0.3, -0.25) is 4.99 Å². The van der Waals surface area contributed by atoms with Crippen molar-refractivity contribution in [2.75, 3.05) is 0 Å². The standard InChI is InChI=1S/C13H15N.I2/c1-2-5-10(6-3-1)9-14-13-11-7-4-8-12(11)13;1-2/h1-3,5-6,9,11-13H,4,7-8H2;/t11-,12+,13?;. The van der Waals surface area contributed by atoms with E-state index in [1.807, 2.05) is 12.3 Å². The molecule has 0 heterocycles. The van der Waals surface area contributed by atoms with Gasteiger partial charge in [0.25, 0.3) is 0 Å². The quantitative estimate of drug-likeness (QED) is 0.469. The molecule has 86 valence electrons. The summed E-state index contributed by atoms with van der Waals surface area (Å²) in [5.41, 5.74) is 1.23. The third kappa shape index (κ3) is 2.97. The zero-order valence-corrected chi connectivity index (χ0v) is 13.3. The van der Waals surface area contributed by atoms with Gasteiger partial charge in [0.2, 0.25) is 0 Å². The highest BCUT2D eigenvalue weighted by Crippen LogP contribution is 2.53. The second kappa shape index (κ2) is 6.33. The Kier molecular flexibility index (Phi) is 5.06. The summed E-state index contributed by atoms with van der Waals surface area (Å²) >= 11 is 4.24. The highest BCUT2D eigenvalue weighted by Gasteiger charge is 2.52. The van der Waals surface area contributed by atoms with Crippen LogP contribution in [0.3, 0.4) is 0 Å². The summed E-state index contributed by atoms with van der Waals surface area (Å²) in [6.45, 7) is 0. The maximum Gasteiger partial charge on any atom is 0.0562 e. The molecule has 1 aromatic carbocycles. The molecule has 2 saturated carbocycles. The van der Waals surface area contributed by atoms with E-state index in [9.17, 15) is 0 Å². The van der Waals surface area contributed by atoms with Gasteiger partial charge in [-0.1, -0.05) is 36.8 Å². The minimum absolute atomic E-state index is 0.670. The van der Waals surface area contributed by atoms with E-state index < -0.39 is 0 Å². The van der Waals surface area contributed by atoms with Crippen LogP contribution in [-0.4, -0.2) is 12.3 Å². The molecule has 0 radical (unpaired) electrons. The van der Waals surface area contributed by atoms with Crippen LogP contribution in [0.1, 0.15) is 24.8 Å². The van der Waals surface area contributed by atoms with Gasteiger partial charge in [0, 0.05) is 43.4 Å². The fourth-order valence-corrected chi connectivity index (χ4v) is 2.72. The van der Waals surface area contributed by atoms with Gasteiger partial charge in [-0.2, -0.15) is 0 Å². The van der Waals surface area contributed by atoms with Gasteiger partial charge < -0.3 is 0 Å². The molecule has 16 heavy (non-hydrogen) atoms. The SMILES string of the molecule is C(=NC1[C@H]2CCC[C@@H]12)c1ccccc1.II. The number of hydrogen-bond donors (Lipinski definition) is 0. The lowest BCUT2D eigenvalue weighted by Gasteiger charge is -1.95. The largest absolute Gasteiger partial charge is 0.289 e. The van der Waals surface area contributed by atoms with Crippen molar-refractivity contribution in [1.82, 2.24) is 0 Å². The molecule has 1 unspecified atom stereocenters. The Morgan fingerprint density at radius 3 is 2.31 bits per heavy atom. The number of hydrogen-bond acceptors (Lipinski definition) is 1. The highest BCUT2D eigenvalue weighted by atomic mass is 128. The number of fused-ring (bicyclic) bond motifs is 1. The summed E-state index contributed by atoms with van der Waals surface area (Å²) in [7, 11) is 0. The van der Waals surface area contributed by atoms with E-state index in [0.717, 1.165) is 11.8 Å². The highest BCUT2D eigenvalue weighted by molar-refractivity contribution is 15.0. The molecule has 3 heteroatoms. The molecule has 2 aliphatic rings. The van der Waals surface area contributed by atoms with Gasteiger partial charge in [0.15, 0.2) is 0 Å². The molecule has 0 bridgehead atoms. The average Bonchev–Trinajstić information content (AvgIpc) is 2.80. The first-order chi connectivity index (χ1) is 7.95. The number of aliphatic imine (C=N–C) groups is 1. The van der Waals surface area contributed by atoms with Crippen LogP contribution in [0.25, 0.3) is 0 Å². The molecule has 0 aliphatic heterocycles. The van der Waals surface area contributed by atoms with Gasteiger partial charge in [-0.25, -0.2) is 0 Å². The second-order valence-corrected chi connectivity index (χ2v) is 4.44. The van der Waals surface area contributed by atoms with Crippen LogP contribution in [0.2, 0.25) is 0 Å². The second-order valence-electron chi connectivity index (χ2n) is 4.44. The Bertz CT molecular complexity index is 340. The summed E-state index contributed by atoms with van der Waals surface area (Å²) in [6, 6.07) is 11.1. The lowest BCUT2D eigenvalue weighted by molar-refractivity contribution is 0.677. The first-order valence-electron chi connectivity index (χ1n) is 5.68. The van der Waals surface area contributed by atoms with Crippen molar-refractivity contribution in [3.8, 4) is 0 Å². The number of nitrogens with zero attached hydrogens (tertiary/aromatic N) is 1. The summed E-state index contributed by atoms with van der Waals surface area (Å²) in [6.07, 6.45) is 6.32. The topological polar surface area (TPSA) is 12.4 Å². The number of halogens is 2. The van der Waals surface area contributed by atoms with Crippen LogP contribution in [0.5, 0.6) is 0 Å². The molecule has 2 aliphatic carbocycles. The van der Waals surface area contributed by atoms with Gasteiger partial charge in [0.05, 0.1) is 6.04 Å². The number of benzene rings is 1. The van der Waals surface area contributed by atoms with Crippen molar-refractivity contribution >= 4 is 43.4 Å². The smallest absolute Gasteiger partial charge is 0.0562 e. The summed E-state index contributed by atoms with van der Waals surface area (Å²) < 4.78 is 0. The fourth-order valence-electron chi connectivity index (χ4n) is 2.72. The summed E-state index contributed by atoms with van der Waals surface area (Å²) in [4.78, 5) is 4.67. The Balaban J connectivity index is 0.000000457. The van der Waals surface area contributed by atoms with Crippen LogP contribution < -0.4 is 0 Å². The monoisotopic (exact) mass is 439 g/mol. The van der Waals surface area contributed by atoms with Crippen molar-refractivity contribution in [1.29, 1.82) is 0 Å². The summed E-state index contributed by atoms with van der Waals surface area (Å²) in [5, 5.41) is 0. The Hall–Kier alpha value is 0.350. The zero-order valence-electron chi connectivity index (χ0n) is 9.02. The average molecular weight is 439 g/mol. The van der Waals surface area contributed by atoms with Crippen molar-refractivity contribution in [3.05, 3.63) is 35.9 Å². The van der Waals surface area contributed by atoms with Crippen LogP contribution in [0, 0.1) is 11.8 Å². The van der Waals surface area contributed by atoms with E-state index in [4.69, 9.17) is 0 Å². The van der Waals surface area contributed by atoms with Gasteiger partial charge in [-0.15, -0.1) is 0 Å². The summed E-state index contributed by atoms with van der Waals surface area (Å²) in [5.74, 6) is 1.88.